The zero-order valence-corrected chi connectivity index (χ0v) is 14.9. The lowest BCUT2D eigenvalue weighted by atomic mass is 10.0. The summed E-state index contributed by atoms with van der Waals surface area (Å²) in [6, 6.07) is 13.7. The van der Waals surface area contributed by atoms with Crippen molar-refractivity contribution >= 4 is 5.65 Å². The van der Waals surface area contributed by atoms with Crippen LogP contribution >= 0.6 is 0 Å². The highest BCUT2D eigenvalue weighted by Gasteiger charge is 2.13. The summed E-state index contributed by atoms with van der Waals surface area (Å²) < 4.78 is 8.71. The van der Waals surface area contributed by atoms with E-state index in [0.717, 1.165) is 16.8 Å². The standard InChI is InChI=1S/C21H19N3O2/c1-14-8-9-16(15(2)12-14)17-13-23-10-11-24(21(25)20(23)22-17)18-6-4-5-7-19(18)26-3/h4-13H,1-3H3. The largest absolute Gasteiger partial charge is 0.495 e. The Morgan fingerprint density at radius 1 is 1.04 bits per heavy atom. The van der Waals surface area contributed by atoms with E-state index in [9.17, 15) is 4.79 Å². The second kappa shape index (κ2) is 6.19. The van der Waals surface area contributed by atoms with Crippen LogP contribution in [0.15, 0.2) is 65.8 Å². The normalized spacial score (nSPS) is 11.0. The molecule has 0 aliphatic rings. The van der Waals surface area contributed by atoms with Gasteiger partial charge in [-0.1, -0.05) is 35.9 Å². The van der Waals surface area contributed by atoms with Gasteiger partial charge in [0.05, 0.1) is 18.5 Å². The topological polar surface area (TPSA) is 48.5 Å². The molecule has 2 aromatic carbocycles. The van der Waals surface area contributed by atoms with Crippen molar-refractivity contribution in [2.24, 2.45) is 0 Å². The maximum atomic E-state index is 13.0. The molecule has 0 aliphatic carbocycles. The Kier molecular flexibility index (Phi) is 3.84. The molecule has 0 amide bonds. The van der Waals surface area contributed by atoms with Gasteiger partial charge in [0.15, 0.2) is 0 Å². The number of imidazole rings is 1. The van der Waals surface area contributed by atoms with E-state index in [0.29, 0.717) is 17.1 Å². The Morgan fingerprint density at radius 2 is 1.85 bits per heavy atom. The first-order chi connectivity index (χ1) is 12.6. The summed E-state index contributed by atoms with van der Waals surface area (Å²) in [5.74, 6) is 0.639. The number of aryl methyl sites for hydroxylation is 2. The molecule has 2 aromatic heterocycles. The maximum absolute atomic E-state index is 13.0. The van der Waals surface area contributed by atoms with Gasteiger partial charge >= 0.3 is 0 Å². The molecule has 0 spiro atoms. The van der Waals surface area contributed by atoms with Gasteiger partial charge in [-0.3, -0.25) is 9.36 Å². The predicted octanol–water partition coefficient (Wildman–Crippen LogP) is 3.78. The predicted molar refractivity (Wildman–Crippen MR) is 102 cm³/mol. The molecular formula is C21H19N3O2. The van der Waals surface area contributed by atoms with Gasteiger partial charge in [-0.2, -0.15) is 0 Å². The minimum Gasteiger partial charge on any atom is -0.495 e. The number of aromatic nitrogens is 3. The average molecular weight is 345 g/mol. The van der Waals surface area contributed by atoms with E-state index >= 15 is 0 Å². The summed E-state index contributed by atoms with van der Waals surface area (Å²) >= 11 is 0. The molecule has 0 bridgehead atoms. The molecule has 4 rings (SSSR count). The van der Waals surface area contributed by atoms with Crippen molar-refractivity contribution in [2.45, 2.75) is 13.8 Å². The van der Waals surface area contributed by atoms with E-state index in [2.05, 4.69) is 31.0 Å². The number of hydrogen-bond acceptors (Lipinski definition) is 3. The molecule has 0 radical (unpaired) electrons. The molecule has 0 saturated carbocycles. The first-order valence-electron chi connectivity index (χ1n) is 8.40. The SMILES string of the molecule is COc1ccccc1-n1ccn2cc(-c3ccc(C)cc3C)nc2c1=O. The third kappa shape index (κ3) is 2.58. The summed E-state index contributed by atoms with van der Waals surface area (Å²) in [6.45, 7) is 4.12. The Balaban J connectivity index is 1.90. The molecule has 0 N–H and O–H groups in total. The van der Waals surface area contributed by atoms with Crippen molar-refractivity contribution in [3.63, 3.8) is 0 Å². The van der Waals surface area contributed by atoms with Crippen molar-refractivity contribution in [3.05, 3.63) is 82.5 Å². The molecule has 0 unspecified atom stereocenters. The molecule has 0 fully saturated rings. The Bertz CT molecular complexity index is 1170. The minimum absolute atomic E-state index is 0.187. The maximum Gasteiger partial charge on any atom is 0.298 e. The lowest BCUT2D eigenvalue weighted by Crippen LogP contribution is -2.20. The smallest absolute Gasteiger partial charge is 0.298 e. The molecule has 130 valence electrons. The number of para-hydroxylation sites is 2. The number of hydrogen-bond donors (Lipinski definition) is 0. The summed E-state index contributed by atoms with van der Waals surface area (Å²) in [7, 11) is 1.59. The van der Waals surface area contributed by atoms with Crippen LogP contribution in [0.4, 0.5) is 0 Å². The van der Waals surface area contributed by atoms with Crippen molar-refractivity contribution in [1.29, 1.82) is 0 Å². The third-order valence-corrected chi connectivity index (χ3v) is 4.52. The first kappa shape index (κ1) is 16.1. The number of fused-ring (bicyclic) bond motifs is 1. The lowest BCUT2D eigenvalue weighted by molar-refractivity contribution is 0.412. The van der Waals surface area contributed by atoms with Gasteiger partial charge in [0.2, 0.25) is 5.65 Å². The molecule has 0 saturated heterocycles. The zero-order chi connectivity index (χ0) is 18.3. The lowest BCUT2D eigenvalue weighted by Gasteiger charge is -2.10. The number of benzene rings is 2. The first-order valence-corrected chi connectivity index (χ1v) is 8.40. The minimum atomic E-state index is -0.187. The molecular weight excluding hydrogens is 326 g/mol. The summed E-state index contributed by atoms with van der Waals surface area (Å²) in [6.07, 6.45) is 5.46. The molecule has 26 heavy (non-hydrogen) atoms. The Hall–Kier alpha value is -3.34. The molecule has 5 nitrogen and oxygen atoms in total. The van der Waals surface area contributed by atoms with E-state index in [1.54, 1.807) is 22.3 Å². The highest BCUT2D eigenvalue weighted by atomic mass is 16.5. The van der Waals surface area contributed by atoms with Gasteiger partial charge in [-0.25, -0.2) is 4.98 Å². The van der Waals surface area contributed by atoms with E-state index in [1.807, 2.05) is 42.7 Å². The third-order valence-electron chi connectivity index (χ3n) is 4.52. The Labute approximate surface area is 151 Å². The van der Waals surface area contributed by atoms with Crippen LogP contribution in [0.1, 0.15) is 11.1 Å². The second-order valence-electron chi connectivity index (χ2n) is 6.32. The van der Waals surface area contributed by atoms with Crippen LogP contribution < -0.4 is 10.3 Å². The summed E-state index contributed by atoms with van der Waals surface area (Å²) in [5.41, 5.74) is 5.05. The van der Waals surface area contributed by atoms with Gasteiger partial charge in [0.1, 0.15) is 5.75 Å². The number of nitrogens with zero attached hydrogens (tertiary/aromatic N) is 3. The fourth-order valence-corrected chi connectivity index (χ4v) is 3.23. The zero-order valence-electron chi connectivity index (χ0n) is 14.9. The van der Waals surface area contributed by atoms with Crippen molar-refractivity contribution in [2.75, 3.05) is 7.11 Å². The number of ether oxygens (including phenoxy) is 1. The van der Waals surface area contributed by atoms with E-state index < -0.39 is 0 Å². The fraction of sp³-hybridized carbons (Fsp3) is 0.143. The van der Waals surface area contributed by atoms with Crippen LogP contribution in [0.3, 0.4) is 0 Å². The van der Waals surface area contributed by atoms with Gasteiger partial charge in [0, 0.05) is 24.2 Å². The summed E-state index contributed by atoms with van der Waals surface area (Å²) in [5, 5.41) is 0. The van der Waals surface area contributed by atoms with Crippen molar-refractivity contribution < 1.29 is 4.74 Å². The van der Waals surface area contributed by atoms with Crippen molar-refractivity contribution in [1.82, 2.24) is 14.0 Å². The molecule has 0 atom stereocenters. The van der Waals surface area contributed by atoms with Crippen molar-refractivity contribution in [3.8, 4) is 22.7 Å². The molecule has 0 aliphatic heterocycles. The second-order valence-corrected chi connectivity index (χ2v) is 6.32. The summed E-state index contributed by atoms with van der Waals surface area (Å²) in [4.78, 5) is 17.6. The van der Waals surface area contributed by atoms with E-state index in [-0.39, 0.29) is 5.56 Å². The van der Waals surface area contributed by atoms with Gasteiger partial charge in [-0.15, -0.1) is 0 Å². The van der Waals surface area contributed by atoms with Crippen LogP contribution in [0.25, 0.3) is 22.6 Å². The van der Waals surface area contributed by atoms with Crippen LogP contribution in [0.5, 0.6) is 5.75 Å². The highest BCUT2D eigenvalue weighted by Crippen LogP contribution is 2.24. The molecule has 4 aromatic rings. The fourth-order valence-electron chi connectivity index (χ4n) is 3.23. The monoisotopic (exact) mass is 345 g/mol. The van der Waals surface area contributed by atoms with Gasteiger partial charge in [-0.05, 0) is 31.5 Å². The quantitative estimate of drug-likeness (QED) is 0.568. The number of methoxy groups -OCH3 is 1. The number of rotatable bonds is 3. The van der Waals surface area contributed by atoms with Crippen LogP contribution in [-0.2, 0) is 0 Å². The van der Waals surface area contributed by atoms with Crippen LogP contribution in [0, 0.1) is 13.8 Å². The van der Waals surface area contributed by atoms with Gasteiger partial charge in [0.25, 0.3) is 5.56 Å². The van der Waals surface area contributed by atoms with E-state index in [1.165, 1.54) is 5.56 Å². The molecule has 2 heterocycles. The van der Waals surface area contributed by atoms with Gasteiger partial charge < -0.3 is 9.14 Å². The van der Waals surface area contributed by atoms with Crippen LogP contribution in [0.2, 0.25) is 0 Å². The average Bonchev–Trinajstić information content (AvgIpc) is 3.07. The molecule has 5 heteroatoms. The van der Waals surface area contributed by atoms with Crippen LogP contribution in [-0.4, -0.2) is 21.1 Å². The highest BCUT2D eigenvalue weighted by molar-refractivity contribution is 5.66. The Morgan fingerprint density at radius 3 is 2.62 bits per heavy atom. The van der Waals surface area contributed by atoms with E-state index in [4.69, 9.17) is 4.74 Å².